The zero-order valence-corrected chi connectivity index (χ0v) is 17.4. The lowest BCUT2D eigenvalue weighted by Crippen LogP contribution is -2.49. The molecule has 160 valence electrons. The molecule has 2 heterocycles. The zero-order chi connectivity index (χ0) is 21.6. The number of aromatic nitrogens is 2. The smallest absolute Gasteiger partial charge is 0.410 e. The number of H-pyrrole nitrogens is 1. The van der Waals surface area contributed by atoms with Crippen molar-refractivity contribution in [3.63, 3.8) is 0 Å². The van der Waals surface area contributed by atoms with Gasteiger partial charge in [-0.05, 0) is 30.5 Å². The van der Waals surface area contributed by atoms with Gasteiger partial charge < -0.3 is 19.5 Å². The van der Waals surface area contributed by atoms with E-state index in [0.717, 1.165) is 34.3 Å². The Hall–Kier alpha value is -3.61. The standard InChI is InChI=1S/C24H26N4O3/c1-2-3-10-19-22-20(26-23(29)25-19)11-7-12-21(22)27-13-15-28(16-14-27)24(30)31-17-18-8-5-4-6-9-18/h2,4-9,11-12H,1,3,10,13-17H2,(H,25,26,29). The summed E-state index contributed by atoms with van der Waals surface area (Å²) in [5.74, 6) is 0. The number of hydrogen-bond donors (Lipinski definition) is 1. The maximum absolute atomic E-state index is 12.5. The molecule has 3 aromatic rings. The molecule has 0 atom stereocenters. The van der Waals surface area contributed by atoms with Gasteiger partial charge in [0.2, 0.25) is 0 Å². The van der Waals surface area contributed by atoms with Crippen molar-refractivity contribution in [3.8, 4) is 0 Å². The molecule has 7 heteroatoms. The maximum atomic E-state index is 12.5. The van der Waals surface area contributed by atoms with Crippen LogP contribution in [0.25, 0.3) is 10.9 Å². The second-order valence-electron chi connectivity index (χ2n) is 7.53. The average molecular weight is 418 g/mol. The predicted octanol–water partition coefficient (Wildman–Crippen LogP) is 3.50. The molecule has 1 aromatic heterocycles. The summed E-state index contributed by atoms with van der Waals surface area (Å²) >= 11 is 0. The van der Waals surface area contributed by atoms with E-state index in [-0.39, 0.29) is 18.4 Å². The van der Waals surface area contributed by atoms with Gasteiger partial charge in [0.25, 0.3) is 0 Å². The van der Waals surface area contributed by atoms with Gasteiger partial charge in [-0.1, -0.05) is 42.5 Å². The Morgan fingerprint density at radius 1 is 1.10 bits per heavy atom. The van der Waals surface area contributed by atoms with Crippen LogP contribution >= 0.6 is 0 Å². The van der Waals surface area contributed by atoms with Gasteiger partial charge >= 0.3 is 11.8 Å². The van der Waals surface area contributed by atoms with E-state index in [9.17, 15) is 9.59 Å². The summed E-state index contributed by atoms with van der Waals surface area (Å²) in [4.78, 5) is 35.5. The van der Waals surface area contributed by atoms with E-state index in [1.54, 1.807) is 4.90 Å². The molecule has 2 aromatic carbocycles. The van der Waals surface area contributed by atoms with E-state index in [4.69, 9.17) is 4.74 Å². The van der Waals surface area contributed by atoms with E-state index in [1.807, 2.05) is 54.6 Å². The number of hydrogen-bond acceptors (Lipinski definition) is 5. The number of carbonyl (C=O) groups is 1. The number of piperazine rings is 1. The van der Waals surface area contributed by atoms with E-state index in [0.29, 0.717) is 32.6 Å². The normalized spacial score (nSPS) is 13.9. The minimum atomic E-state index is -0.338. The molecule has 0 spiro atoms. The zero-order valence-electron chi connectivity index (χ0n) is 17.4. The van der Waals surface area contributed by atoms with Gasteiger partial charge in [0.1, 0.15) is 6.61 Å². The van der Waals surface area contributed by atoms with Crippen molar-refractivity contribution < 1.29 is 9.53 Å². The minimum absolute atomic E-state index is 0.273. The highest BCUT2D eigenvalue weighted by Gasteiger charge is 2.24. The molecule has 31 heavy (non-hydrogen) atoms. The SMILES string of the molecule is C=CCCc1nc(=O)[nH]c2cccc(N3CCN(C(=O)OCc4ccccc4)CC3)c12. The van der Waals surface area contributed by atoms with Crippen LogP contribution in [-0.2, 0) is 17.8 Å². The van der Waals surface area contributed by atoms with Crippen LogP contribution in [-0.4, -0.2) is 47.1 Å². The molecule has 0 radical (unpaired) electrons. The quantitative estimate of drug-likeness (QED) is 0.620. The molecule has 0 saturated carbocycles. The van der Waals surface area contributed by atoms with Gasteiger partial charge in [-0.15, -0.1) is 6.58 Å². The van der Waals surface area contributed by atoms with Crippen LogP contribution in [0.15, 0.2) is 66.0 Å². The van der Waals surface area contributed by atoms with Crippen LogP contribution in [0.5, 0.6) is 0 Å². The molecule has 1 amide bonds. The van der Waals surface area contributed by atoms with Crippen molar-refractivity contribution in [2.75, 3.05) is 31.1 Å². The predicted molar refractivity (Wildman–Crippen MR) is 121 cm³/mol. The maximum Gasteiger partial charge on any atom is 0.410 e. The van der Waals surface area contributed by atoms with Gasteiger partial charge in [0.15, 0.2) is 0 Å². The second kappa shape index (κ2) is 9.47. The van der Waals surface area contributed by atoms with E-state index in [1.165, 1.54) is 0 Å². The summed E-state index contributed by atoms with van der Waals surface area (Å²) in [6.45, 7) is 6.55. The number of benzene rings is 2. The summed E-state index contributed by atoms with van der Waals surface area (Å²) in [7, 11) is 0. The van der Waals surface area contributed by atoms with Gasteiger partial charge in [0.05, 0.1) is 11.2 Å². The molecule has 1 saturated heterocycles. The highest BCUT2D eigenvalue weighted by Crippen LogP contribution is 2.29. The number of ether oxygens (including phenoxy) is 1. The van der Waals surface area contributed by atoms with E-state index >= 15 is 0 Å². The van der Waals surface area contributed by atoms with Crippen molar-refractivity contribution in [2.45, 2.75) is 19.4 Å². The van der Waals surface area contributed by atoms with Crippen LogP contribution in [0.3, 0.4) is 0 Å². The Kier molecular flexibility index (Phi) is 6.31. The Labute approximate surface area is 181 Å². The molecule has 1 fully saturated rings. The number of carbonyl (C=O) groups excluding carboxylic acids is 1. The Balaban J connectivity index is 1.46. The van der Waals surface area contributed by atoms with Gasteiger partial charge in [-0.2, -0.15) is 4.98 Å². The van der Waals surface area contributed by atoms with Gasteiger partial charge in [-0.3, -0.25) is 0 Å². The Morgan fingerprint density at radius 2 is 1.87 bits per heavy atom. The van der Waals surface area contributed by atoms with Crippen LogP contribution in [0.2, 0.25) is 0 Å². The summed E-state index contributed by atoms with van der Waals surface area (Å²) in [5.41, 5.74) is 3.21. The average Bonchev–Trinajstić information content (AvgIpc) is 2.81. The third-order valence-corrected chi connectivity index (χ3v) is 5.48. The first-order valence-electron chi connectivity index (χ1n) is 10.5. The molecule has 1 aliphatic heterocycles. The molecular formula is C24H26N4O3. The molecule has 1 N–H and O–H groups in total. The summed E-state index contributed by atoms with van der Waals surface area (Å²) < 4.78 is 5.46. The van der Waals surface area contributed by atoms with Crippen LogP contribution in [0, 0.1) is 0 Å². The topological polar surface area (TPSA) is 78.5 Å². The molecule has 0 bridgehead atoms. The highest BCUT2D eigenvalue weighted by atomic mass is 16.6. The van der Waals surface area contributed by atoms with E-state index in [2.05, 4.69) is 21.4 Å². The molecule has 7 nitrogen and oxygen atoms in total. The number of nitrogens with one attached hydrogen (secondary N) is 1. The van der Waals surface area contributed by atoms with Gasteiger partial charge in [0, 0.05) is 37.3 Å². The number of anilines is 1. The summed E-state index contributed by atoms with van der Waals surface area (Å²) in [6, 6.07) is 15.5. The number of allylic oxidation sites excluding steroid dienone is 1. The number of aryl methyl sites for hydroxylation is 1. The molecule has 1 aliphatic rings. The molecule has 4 rings (SSSR count). The third kappa shape index (κ3) is 4.77. The monoisotopic (exact) mass is 418 g/mol. The van der Waals surface area contributed by atoms with Crippen molar-refractivity contribution in [2.24, 2.45) is 0 Å². The van der Waals surface area contributed by atoms with Crippen LogP contribution in [0.1, 0.15) is 17.7 Å². The number of nitrogens with zero attached hydrogens (tertiary/aromatic N) is 3. The first kappa shape index (κ1) is 20.7. The molecule has 0 aliphatic carbocycles. The fourth-order valence-corrected chi connectivity index (χ4v) is 3.89. The van der Waals surface area contributed by atoms with E-state index < -0.39 is 0 Å². The lowest BCUT2D eigenvalue weighted by atomic mass is 10.1. The highest BCUT2D eigenvalue weighted by molar-refractivity contribution is 5.93. The molecule has 0 unspecified atom stereocenters. The number of amides is 1. The van der Waals surface area contributed by atoms with Crippen LogP contribution < -0.4 is 10.6 Å². The fourth-order valence-electron chi connectivity index (χ4n) is 3.89. The minimum Gasteiger partial charge on any atom is -0.445 e. The lowest BCUT2D eigenvalue weighted by Gasteiger charge is -2.36. The van der Waals surface area contributed by atoms with Gasteiger partial charge in [-0.25, -0.2) is 9.59 Å². The number of fused-ring (bicyclic) bond motifs is 1. The number of aromatic amines is 1. The van der Waals surface area contributed by atoms with Crippen LogP contribution in [0.4, 0.5) is 10.5 Å². The first-order chi connectivity index (χ1) is 15.2. The Morgan fingerprint density at radius 3 is 2.61 bits per heavy atom. The molecular weight excluding hydrogens is 392 g/mol. The summed E-state index contributed by atoms with van der Waals surface area (Å²) in [6.07, 6.45) is 2.95. The third-order valence-electron chi connectivity index (χ3n) is 5.48. The first-order valence-corrected chi connectivity index (χ1v) is 10.5. The van der Waals surface area contributed by atoms with Crippen molar-refractivity contribution in [1.29, 1.82) is 0 Å². The Bertz CT molecular complexity index is 1120. The van der Waals surface area contributed by atoms with Crippen molar-refractivity contribution in [1.82, 2.24) is 14.9 Å². The van der Waals surface area contributed by atoms with Crippen molar-refractivity contribution in [3.05, 3.63) is 82.9 Å². The second-order valence-corrected chi connectivity index (χ2v) is 7.53. The summed E-state index contributed by atoms with van der Waals surface area (Å²) in [5, 5.41) is 0.962. The lowest BCUT2D eigenvalue weighted by molar-refractivity contribution is 0.0942. The fraction of sp³-hybridized carbons (Fsp3) is 0.292. The largest absolute Gasteiger partial charge is 0.445 e. The number of rotatable bonds is 6. The van der Waals surface area contributed by atoms with Crippen molar-refractivity contribution >= 4 is 22.7 Å².